The molecule has 1 amide bonds. The number of halogens is 4. The van der Waals surface area contributed by atoms with Crippen LogP contribution >= 0.6 is 11.8 Å². The summed E-state index contributed by atoms with van der Waals surface area (Å²) >= 11 is -0.250. The van der Waals surface area contributed by atoms with Crippen molar-refractivity contribution in [2.75, 3.05) is 51.5 Å². The van der Waals surface area contributed by atoms with E-state index < -0.39 is 17.7 Å². The van der Waals surface area contributed by atoms with Crippen LogP contribution in [0.5, 0.6) is 5.75 Å². The third kappa shape index (κ3) is 6.91. The van der Waals surface area contributed by atoms with E-state index in [1.54, 1.807) is 36.4 Å². The first-order valence-electron chi connectivity index (χ1n) is 12.2. The Kier molecular flexibility index (Phi) is 8.82. The van der Waals surface area contributed by atoms with E-state index in [2.05, 4.69) is 27.8 Å². The number of nitrogens with one attached hydrogen (secondary N) is 3. The SMILES string of the molecule is CNC(=O)c1ccc(OC)cc1NCC#Cc1cc2c(N[C@@H]3CCN(C)C[C@@H]3F)cccn2c1SC(F)(F)F. The highest BCUT2D eigenvalue weighted by Crippen LogP contribution is 2.40. The number of carbonyl (C=O) groups excluding carboxylic acids is 1. The number of carbonyl (C=O) groups is 1. The van der Waals surface area contributed by atoms with Gasteiger partial charge in [-0.1, -0.05) is 11.8 Å². The smallest absolute Gasteiger partial charge is 0.447 e. The van der Waals surface area contributed by atoms with Crippen molar-refractivity contribution in [3.63, 3.8) is 0 Å². The van der Waals surface area contributed by atoms with Crippen LogP contribution in [0.1, 0.15) is 22.3 Å². The van der Waals surface area contributed by atoms with E-state index in [1.165, 1.54) is 24.8 Å². The Balaban J connectivity index is 1.63. The molecule has 0 aliphatic carbocycles. The molecule has 2 aromatic heterocycles. The number of aromatic nitrogens is 1. The maximum atomic E-state index is 14.7. The molecule has 0 unspecified atom stereocenters. The first-order valence-corrected chi connectivity index (χ1v) is 13.0. The van der Waals surface area contributed by atoms with Gasteiger partial charge in [0, 0.05) is 44.2 Å². The normalized spacial score (nSPS) is 17.8. The number of fused-ring (bicyclic) bond motifs is 1. The number of rotatable bonds is 7. The number of alkyl halides is 4. The molecule has 0 saturated carbocycles. The van der Waals surface area contributed by atoms with E-state index in [1.807, 2.05) is 11.9 Å². The van der Waals surface area contributed by atoms with Gasteiger partial charge < -0.3 is 30.0 Å². The number of nitrogens with zero attached hydrogens (tertiary/aromatic N) is 2. The number of thioether (sulfide) groups is 1. The highest BCUT2D eigenvalue weighted by Gasteiger charge is 2.33. The quantitative estimate of drug-likeness (QED) is 0.217. The van der Waals surface area contributed by atoms with Gasteiger partial charge in [0.1, 0.15) is 16.9 Å². The van der Waals surface area contributed by atoms with Crippen molar-refractivity contribution in [1.82, 2.24) is 14.6 Å². The van der Waals surface area contributed by atoms with Crippen LogP contribution < -0.4 is 20.7 Å². The average molecular weight is 564 g/mol. The number of hydrogen-bond donors (Lipinski definition) is 3. The highest BCUT2D eigenvalue weighted by atomic mass is 32.2. The fraction of sp³-hybridized carbons (Fsp3) is 0.370. The van der Waals surface area contributed by atoms with Crippen LogP contribution in [0.3, 0.4) is 0 Å². The summed E-state index contributed by atoms with van der Waals surface area (Å²) < 4.78 is 61.8. The van der Waals surface area contributed by atoms with Gasteiger partial charge in [0.2, 0.25) is 0 Å². The minimum atomic E-state index is -4.53. The molecular formula is C27H29F4N5O2S. The second-order valence-electron chi connectivity index (χ2n) is 9.05. The van der Waals surface area contributed by atoms with E-state index in [0.29, 0.717) is 34.6 Å². The Hall–Kier alpha value is -3.56. The third-order valence-electron chi connectivity index (χ3n) is 6.35. The van der Waals surface area contributed by atoms with E-state index in [9.17, 15) is 22.4 Å². The molecule has 2 atom stereocenters. The summed E-state index contributed by atoms with van der Waals surface area (Å²) in [5.74, 6) is 5.92. The topological polar surface area (TPSA) is 70.0 Å². The van der Waals surface area contributed by atoms with Crippen molar-refractivity contribution in [2.24, 2.45) is 0 Å². The Bertz CT molecular complexity index is 1400. The van der Waals surface area contributed by atoms with Gasteiger partial charge in [0.25, 0.3) is 5.91 Å². The number of benzene rings is 1. The minimum absolute atomic E-state index is 0.0592. The fourth-order valence-corrected chi connectivity index (χ4v) is 5.12. The van der Waals surface area contributed by atoms with Crippen LogP contribution in [0.4, 0.5) is 28.9 Å². The lowest BCUT2D eigenvalue weighted by Gasteiger charge is -2.33. The van der Waals surface area contributed by atoms with Crippen molar-refractivity contribution in [3.05, 3.63) is 53.7 Å². The van der Waals surface area contributed by atoms with Gasteiger partial charge in [-0.2, -0.15) is 13.2 Å². The second-order valence-corrected chi connectivity index (χ2v) is 10.1. The standard InChI is InChI=1S/C27H29F4N5O2S/c1-32-25(37)19-9-8-18(38-3)15-23(19)33-11-4-6-17-14-24-22(34-21-10-13-35(2)16-20(21)28)7-5-12-36(24)26(17)39-27(29,30)31/h5,7-9,12,14-15,20-21,33-34H,10-11,13,16H2,1-3H3,(H,32,37)/t20-,21+/m0/s1. The number of piperidine rings is 1. The molecule has 12 heteroatoms. The molecule has 1 fully saturated rings. The lowest BCUT2D eigenvalue weighted by atomic mass is 10.0. The molecule has 1 aliphatic rings. The summed E-state index contributed by atoms with van der Waals surface area (Å²) in [5, 5.41) is 8.71. The average Bonchev–Trinajstić information content (AvgIpc) is 3.24. The van der Waals surface area contributed by atoms with Crippen molar-refractivity contribution in [2.45, 2.75) is 29.2 Å². The molecule has 7 nitrogen and oxygen atoms in total. The Morgan fingerprint density at radius 2 is 2.03 bits per heavy atom. The zero-order chi connectivity index (χ0) is 28.2. The van der Waals surface area contributed by atoms with Gasteiger partial charge in [0.15, 0.2) is 0 Å². The van der Waals surface area contributed by atoms with Crippen LogP contribution in [-0.2, 0) is 0 Å². The number of anilines is 2. The molecule has 39 heavy (non-hydrogen) atoms. The van der Waals surface area contributed by atoms with Gasteiger partial charge >= 0.3 is 5.51 Å². The van der Waals surface area contributed by atoms with E-state index in [-0.39, 0.29) is 41.3 Å². The number of likely N-dealkylation sites (tertiary alicyclic amines) is 1. The zero-order valence-corrected chi connectivity index (χ0v) is 22.5. The molecular weight excluding hydrogens is 534 g/mol. The van der Waals surface area contributed by atoms with Gasteiger partial charge in [-0.15, -0.1) is 0 Å². The highest BCUT2D eigenvalue weighted by molar-refractivity contribution is 8.00. The third-order valence-corrected chi connectivity index (χ3v) is 7.19. The Labute approximate surface area is 228 Å². The van der Waals surface area contributed by atoms with Crippen LogP contribution in [0.2, 0.25) is 0 Å². The fourth-order valence-electron chi connectivity index (χ4n) is 4.43. The largest absolute Gasteiger partial charge is 0.497 e. The Morgan fingerprint density at radius 3 is 2.72 bits per heavy atom. The molecule has 3 aromatic rings. The van der Waals surface area contributed by atoms with Crippen LogP contribution in [0, 0.1) is 11.8 Å². The zero-order valence-electron chi connectivity index (χ0n) is 21.7. The van der Waals surface area contributed by atoms with Crippen molar-refractivity contribution < 1.29 is 27.1 Å². The van der Waals surface area contributed by atoms with Crippen LogP contribution in [-0.4, -0.2) is 73.8 Å². The lowest BCUT2D eigenvalue weighted by Crippen LogP contribution is -2.46. The van der Waals surface area contributed by atoms with Gasteiger partial charge in [0.05, 0.1) is 47.7 Å². The molecule has 4 rings (SSSR count). The lowest BCUT2D eigenvalue weighted by molar-refractivity contribution is -0.0329. The number of pyridine rings is 1. The van der Waals surface area contributed by atoms with Gasteiger partial charge in [-0.05, 0) is 43.8 Å². The van der Waals surface area contributed by atoms with Crippen LogP contribution in [0.15, 0.2) is 47.6 Å². The molecule has 3 heterocycles. The molecule has 208 valence electrons. The van der Waals surface area contributed by atoms with E-state index in [0.717, 1.165) is 6.54 Å². The summed E-state index contributed by atoms with van der Waals surface area (Å²) in [5.41, 5.74) is -2.49. The molecule has 0 radical (unpaired) electrons. The molecule has 3 N–H and O–H groups in total. The molecule has 0 bridgehead atoms. The summed E-state index contributed by atoms with van der Waals surface area (Å²) in [6.45, 7) is 1.06. The van der Waals surface area contributed by atoms with Crippen molar-refractivity contribution >= 4 is 34.6 Å². The predicted molar refractivity (Wildman–Crippen MR) is 145 cm³/mol. The first kappa shape index (κ1) is 28.4. The molecule has 1 aliphatic heterocycles. The summed E-state index contributed by atoms with van der Waals surface area (Å²) in [7, 11) is 4.86. The number of methoxy groups -OCH3 is 1. The first-order chi connectivity index (χ1) is 18.6. The van der Waals surface area contributed by atoms with E-state index in [4.69, 9.17) is 4.74 Å². The maximum Gasteiger partial charge on any atom is 0.447 e. The monoisotopic (exact) mass is 563 g/mol. The number of amides is 1. The minimum Gasteiger partial charge on any atom is -0.497 e. The molecule has 0 spiro atoms. The van der Waals surface area contributed by atoms with E-state index >= 15 is 0 Å². The number of ether oxygens (including phenoxy) is 1. The summed E-state index contributed by atoms with van der Waals surface area (Å²) in [4.78, 5) is 14.1. The molecule has 1 aromatic carbocycles. The van der Waals surface area contributed by atoms with Gasteiger partial charge in [-0.25, -0.2) is 4.39 Å². The Morgan fingerprint density at radius 1 is 1.23 bits per heavy atom. The number of hydrogen-bond acceptors (Lipinski definition) is 6. The second kappa shape index (κ2) is 12.1. The van der Waals surface area contributed by atoms with Crippen molar-refractivity contribution in [1.29, 1.82) is 0 Å². The summed E-state index contributed by atoms with van der Waals surface area (Å²) in [6, 6.07) is 9.38. The maximum absolute atomic E-state index is 14.7. The van der Waals surface area contributed by atoms with Crippen LogP contribution in [0.25, 0.3) is 5.52 Å². The predicted octanol–water partition coefficient (Wildman–Crippen LogP) is 4.84. The van der Waals surface area contributed by atoms with Crippen molar-refractivity contribution in [3.8, 4) is 17.6 Å². The summed E-state index contributed by atoms with van der Waals surface area (Å²) in [6.07, 6.45) is 1.00. The van der Waals surface area contributed by atoms with Gasteiger partial charge in [-0.3, -0.25) is 4.79 Å². The molecule has 1 saturated heterocycles.